The number of rotatable bonds is 1. The van der Waals surface area contributed by atoms with Gasteiger partial charge in [0.25, 0.3) is 0 Å². The van der Waals surface area contributed by atoms with Crippen LogP contribution in [0.25, 0.3) is 0 Å². The Bertz CT molecular complexity index is 373. The van der Waals surface area contributed by atoms with Crippen LogP contribution in [0.4, 0.5) is 5.69 Å². The SMILES string of the molecule is N#CC1CCC(=Nc2ccccc2)C1. The van der Waals surface area contributed by atoms with Crippen molar-refractivity contribution < 1.29 is 0 Å². The fourth-order valence-corrected chi connectivity index (χ4v) is 1.73. The minimum absolute atomic E-state index is 0.192. The zero-order chi connectivity index (χ0) is 9.80. The molecule has 0 heterocycles. The fourth-order valence-electron chi connectivity index (χ4n) is 1.73. The van der Waals surface area contributed by atoms with E-state index >= 15 is 0 Å². The minimum atomic E-state index is 0.192. The highest BCUT2D eigenvalue weighted by Gasteiger charge is 2.19. The van der Waals surface area contributed by atoms with Gasteiger partial charge in [-0.25, -0.2) is 0 Å². The number of hydrogen-bond acceptors (Lipinski definition) is 2. The van der Waals surface area contributed by atoms with Gasteiger partial charge in [-0.05, 0) is 25.0 Å². The van der Waals surface area contributed by atoms with E-state index in [-0.39, 0.29) is 5.92 Å². The summed E-state index contributed by atoms with van der Waals surface area (Å²) in [4.78, 5) is 4.52. The third-order valence-corrected chi connectivity index (χ3v) is 2.49. The van der Waals surface area contributed by atoms with Crippen molar-refractivity contribution in [1.82, 2.24) is 0 Å². The first-order chi connectivity index (χ1) is 6.88. The van der Waals surface area contributed by atoms with Gasteiger partial charge in [0.2, 0.25) is 0 Å². The van der Waals surface area contributed by atoms with Crippen molar-refractivity contribution in [3.63, 3.8) is 0 Å². The molecule has 70 valence electrons. The first kappa shape index (κ1) is 8.96. The molecule has 1 fully saturated rings. The lowest BCUT2D eigenvalue weighted by atomic mass is 10.1. The van der Waals surface area contributed by atoms with Crippen molar-refractivity contribution in [3.05, 3.63) is 30.3 Å². The van der Waals surface area contributed by atoms with Gasteiger partial charge < -0.3 is 0 Å². The highest BCUT2D eigenvalue weighted by molar-refractivity contribution is 5.89. The summed E-state index contributed by atoms with van der Waals surface area (Å²) in [7, 11) is 0. The molecule has 1 saturated carbocycles. The molecule has 2 heteroatoms. The minimum Gasteiger partial charge on any atom is -0.258 e. The van der Waals surface area contributed by atoms with Crippen molar-refractivity contribution in [3.8, 4) is 6.07 Å². The molecule has 0 aromatic heterocycles. The lowest BCUT2D eigenvalue weighted by Crippen LogP contribution is -1.91. The second-order valence-electron chi connectivity index (χ2n) is 3.58. The Morgan fingerprint density at radius 1 is 1.29 bits per heavy atom. The summed E-state index contributed by atoms with van der Waals surface area (Å²) < 4.78 is 0. The van der Waals surface area contributed by atoms with Crippen LogP contribution in [0.2, 0.25) is 0 Å². The van der Waals surface area contributed by atoms with E-state index in [0.717, 1.165) is 24.9 Å². The molecular formula is C12H12N2. The normalized spacial score (nSPS) is 23.6. The van der Waals surface area contributed by atoms with E-state index in [1.54, 1.807) is 0 Å². The van der Waals surface area contributed by atoms with Crippen LogP contribution in [0.3, 0.4) is 0 Å². The molecule has 0 N–H and O–H groups in total. The van der Waals surface area contributed by atoms with Gasteiger partial charge >= 0.3 is 0 Å². The molecule has 2 nitrogen and oxygen atoms in total. The van der Waals surface area contributed by atoms with Crippen LogP contribution in [0.1, 0.15) is 19.3 Å². The molecule has 0 amide bonds. The van der Waals surface area contributed by atoms with E-state index in [0.29, 0.717) is 0 Å². The lowest BCUT2D eigenvalue weighted by Gasteiger charge is -1.96. The van der Waals surface area contributed by atoms with Gasteiger partial charge in [0.1, 0.15) is 0 Å². The molecule has 14 heavy (non-hydrogen) atoms. The molecule has 2 rings (SSSR count). The van der Waals surface area contributed by atoms with Crippen molar-refractivity contribution in [2.24, 2.45) is 10.9 Å². The molecule has 0 bridgehead atoms. The van der Waals surface area contributed by atoms with Gasteiger partial charge in [-0.15, -0.1) is 0 Å². The van der Waals surface area contributed by atoms with Crippen molar-refractivity contribution in [2.45, 2.75) is 19.3 Å². The molecule has 0 radical (unpaired) electrons. The van der Waals surface area contributed by atoms with Crippen LogP contribution in [0.5, 0.6) is 0 Å². The first-order valence-corrected chi connectivity index (χ1v) is 4.89. The number of para-hydroxylation sites is 1. The molecular weight excluding hydrogens is 172 g/mol. The van der Waals surface area contributed by atoms with Crippen molar-refractivity contribution in [2.75, 3.05) is 0 Å². The van der Waals surface area contributed by atoms with Crippen LogP contribution in [-0.4, -0.2) is 5.71 Å². The van der Waals surface area contributed by atoms with Gasteiger partial charge in [0.15, 0.2) is 0 Å². The summed E-state index contributed by atoms with van der Waals surface area (Å²) in [6.45, 7) is 0. The van der Waals surface area contributed by atoms with E-state index in [1.165, 1.54) is 5.71 Å². The average molecular weight is 184 g/mol. The van der Waals surface area contributed by atoms with Gasteiger partial charge in [-0.2, -0.15) is 5.26 Å². The van der Waals surface area contributed by atoms with Crippen LogP contribution in [-0.2, 0) is 0 Å². The van der Waals surface area contributed by atoms with Crippen LogP contribution in [0.15, 0.2) is 35.3 Å². The van der Waals surface area contributed by atoms with E-state index < -0.39 is 0 Å². The molecule has 1 aliphatic carbocycles. The smallest absolute Gasteiger partial charge is 0.0659 e. The maximum atomic E-state index is 8.74. The number of nitrogens with zero attached hydrogens (tertiary/aromatic N) is 2. The largest absolute Gasteiger partial charge is 0.258 e. The molecule has 0 saturated heterocycles. The quantitative estimate of drug-likeness (QED) is 0.660. The fraction of sp³-hybridized carbons (Fsp3) is 0.333. The molecule has 1 aromatic carbocycles. The van der Waals surface area contributed by atoms with Crippen LogP contribution >= 0.6 is 0 Å². The molecule has 1 aliphatic rings. The monoisotopic (exact) mass is 184 g/mol. The Morgan fingerprint density at radius 2 is 2.07 bits per heavy atom. The van der Waals surface area contributed by atoms with Gasteiger partial charge in [-0.3, -0.25) is 4.99 Å². The lowest BCUT2D eigenvalue weighted by molar-refractivity contribution is 0.711. The molecule has 1 unspecified atom stereocenters. The summed E-state index contributed by atoms with van der Waals surface area (Å²) >= 11 is 0. The zero-order valence-corrected chi connectivity index (χ0v) is 7.98. The topological polar surface area (TPSA) is 36.1 Å². The van der Waals surface area contributed by atoms with Crippen molar-refractivity contribution >= 4 is 11.4 Å². The summed E-state index contributed by atoms with van der Waals surface area (Å²) in [5.41, 5.74) is 2.17. The average Bonchev–Trinajstić information content (AvgIpc) is 2.67. The summed E-state index contributed by atoms with van der Waals surface area (Å²) in [6.07, 6.45) is 2.81. The van der Waals surface area contributed by atoms with E-state index in [4.69, 9.17) is 5.26 Å². The summed E-state index contributed by atoms with van der Waals surface area (Å²) in [6, 6.07) is 12.2. The van der Waals surface area contributed by atoms with E-state index in [9.17, 15) is 0 Å². The van der Waals surface area contributed by atoms with Gasteiger partial charge in [0.05, 0.1) is 17.7 Å². The summed E-state index contributed by atoms with van der Waals surface area (Å²) in [5.74, 6) is 0.192. The highest BCUT2D eigenvalue weighted by Crippen LogP contribution is 2.24. The maximum Gasteiger partial charge on any atom is 0.0659 e. The van der Waals surface area contributed by atoms with E-state index in [2.05, 4.69) is 11.1 Å². The Morgan fingerprint density at radius 3 is 2.71 bits per heavy atom. The standard InChI is InChI=1S/C12H12N2/c13-9-10-6-7-12(8-10)14-11-4-2-1-3-5-11/h1-5,10H,6-8H2. The molecule has 1 aromatic rings. The number of nitriles is 1. The molecule has 1 atom stereocenters. The summed E-state index contributed by atoms with van der Waals surface area (Å²) in [5, 5.41) is 8.74. The Balaban J connectivity index is 2.11. The first-order valence-electron chi connectivity index (χ1n) is 4.89. The van der Waals surface area contributed by atoms with Crippen LogP contribution < -0.4 is 0 Å². The third kappa shape index (κ3) is 2.00. The predicted molar refractivity (Wildman–Crippen MR) is 56.5 cm³/mol. The third-order valence-electron chi connectivity index (χ3n) is 2.49. The Labute approximate surface area is 83.9 Å². The molecule has 0 spiro atoms. The van der Waals surface area contributed by atoms with Gasteiger partial charge in [0, 0.05) is 12.1 Å². The number of hydrogen-bond donors (Lipinski definition) is 0. The number of aliphatic imine (C=N–C) groups is 1. The van der Waals surface area contributed by atoms with E-state index in [1.807, 2.05) is 30.3 Å². The second-order valence-corrected chi connectivity index (χ2v) is 3.58. The second kappa shape index (κ2) is 4.06. The Kier molecular flexibility index (Phi) is 2.60. The number of benzene rings is 1. The highest BCUT2D eigenvalue weighted by atomic mass is 14.8. The van der Waals surface area contributed by atoms with Gasteiger partial charge in [-0.1, -0.05) is 18.2 Å². The predicted octanol–water partition coefficient (Wildman–Crippen LogP) is 3.08. The zero-order valence-electron chi connectivity index (χ0n) is 7.98. The maximum absolute atomic E-state index is 8.74. The Hall–Kier alpha value is -1.62. The van der Waals surface area contributed by atoms with Crippen LogP contribution in [0, 0.1) is 17.2 Å². The molecule has 0 aliphatic heterocycles. The van der Waals surface area contributed by atoms with Crippen molar-refractivity contribution in [1.29, 1.82) is 5.26 Å².